The Bertz CT molecular complexity index is 1800. The zero-order valence-corrected chi connectivity index (χ0v) is 19.9. The summed E-state index contributed by atoms with van der Waals surface area (Å²) in [5.74, 6) is 0. The topological polar surface area (TPSA) is 78.7 Å². The SMILES string of the molecule is Cn1c(=O)n(-c2ccc(C(C)(C)N)cc2)c2c3cc(-c4cnc5ccccc5c4)ccc3ncc21. The van der Waals surface area contributed by atoms with Crippen molar-refractivity contribution in [2.75, 3.05) is 0 Å². The minimum absolute atomic E-state index is 0.119. The summed E-state index contributed by atoms with van der Waals surface area (Å²) in [5.41, 5.74) is 12.9. The summed E-state index contributed by atoms with van der Waals surface area (Å²) in [7, 11) is 1.78. The Labute approximate surface area is 202 Å². The number of nitrogens with two attached hydrogens (primary N) is 1. The lowest BCUT2D eigenvalue weighted by Gasteiger charge is -2.19. The third kappa shape index (κ3) is 3.42. The van der Waals surface area contributed by atoms with Crippen LogP contribution in [0.15, 0.2) is 90.0 Å². The molecule has 6 aromatic rings. The maximum atomic E-state index is 13.4. The third-order valence-corrected chi connectivity index (χ3v) is 6.68. The van der Waals surface area contributed by atoms with E-state index in [1.165, 1.54) is 0 Å². The van der Waals surface area contributed by atoms with Gasteiger partial charge in [0.25, 0.3) is 0 Å². The van der Waals surface area contributed by atoms with Gasteiger partial charge in [-0.05, 0) is 61.4 Å². The van der Waals surface area contributed by atoms with E-state index >= 15 is 0 Å². The van der Waals surface area contributed by atoms with Crippen molar-refractivity contribution in [1.29, 1.82) is 0 Å². The summed E-state index contributed by atoms with van der Waals surface area (Å²) in [6.07, 6.45) is 3.66. The molecule has 0 unspecified atom stereocenters. The fraction of sp³-hybridized carbons (Fsp3) is 0.138. The molecular formula is C29H25N5O. The van der Waals surface area contributed by atoms with Crippen molar-refractivity contribution in [2.45, 2.75) is 19.4 Å². The molecule has 2 N–H and O–H groups in total. The van der Waals surface area contributed by atoms with Crippen LogP contribution in [0.3, 0.4) is 0 Å². The highest BCUT2D eigenvalue weighted by molar-refractivity contribution is 6.04. The quantitative estimate of drug-likeness (QED) is 0.390. The second-order valence-corrected chi connectivity index (χ2v) is 9.59. The second kappa shape index (κ2) is 7.61. The molecule has 0 bridgehead atoms. The number of hydrogen-bond acceptors (Lipinski definition) is 4. The molecule has 0 radical (unpaired) electrons. The van der Waals surface area contributed by atoms with E-state index in [9.17, 15) is 4.79 Å². The molecule has 172 valence electrons. The third-order valence-electron chi connectivity index (χ3n) is 6.68. The predicted octanol–water partition coefficient (Wildman–Crippen LogP) is 5.29. The van der Waals surface area contributed by atoms with Crippen LogP contribution >= 0.6 is 0 Å². The first-order valence-electron chi connectivity index (χ1n) is 11.6. The van der Waals surface area contributed by atoms with Gasteiger partial charge in [-0.1, -0.05) is 36.4 Å². The minimum Gasteiger partial charge on any atom is -0.322 e. The van der Waals surface area contributed by atoms with Crippen LogP contribution in [-0.2, 0) is 12.6 Å². The highest BCUT2D eigenvalue weighted by atomic mass is 16.1. The molecule has 0 aliphatic heterocycles. The normalized spacial score (nSPS) is 12.1. The van der Waals surface area contributed by atoms with Crippen molar-refractivity contribution < 1.29 is 0 Å². The first-order chi connectivity index (χ1) is 16.8. The molecule has 0 saturated heterocycles. The molecule has 3 aromatic heterocycles. The number of pyridine rings is 2. The molecule has 6 nitrogen and oxygen atoms in total. The average Bonchev–Trinajstić information content (AvgIpc) is 3.13. The molecule has 0 fully saturated rings. The maximum absolute atomic E-state index is 13.4. The van der Waals surface area contributed by atoms with Gasteiger partial charge < -0.3 is 5.73 Å². The van der Waals surface area contributed by atoms with E-state index in [1.54, 1.807) is 22.4 Å². The van der Waals surface area contributed by atoms with Crippen LogP contribution in [-0.4, -0.2) is 19.1 Å². The van der Waals surface area contributed by atoms with E-state index in [0.717, 1.165) is 55.2 Å². The smallest absolute Gasteiger partial charge is 0.322 e. The number of aryl methyl sites for hydroxylation is 1. The number of nitrogens with zero attached hydrogens (tertiary/aromatic N) is 4. The Balaban J connectivity index is 1.60. The minimum atomic E-state index is -0.457. The van der Waals surface area contributed by atoms with E-state index in [-0.39, 0.29) is 5.69 Å². The summed E-state index contributed by atoms with van der Waals surface area (Å²) < 4.78 is 3.40. The molecule has 3 heterocycles. The molecule has 0 atom stereocenters. The predicted molar refractivity (Wildman–Crippen MR) is 142 cm³/mol. The lowest BCUT2D eigenvalue weighted by Crippen LogP contribution is -2.28. The number of fused-ring (bicyclic) bond motifs is 4. The molecular weight excluding hydrogens is 434 g/mol. The van der Waals surface area contributed by atoms with Crippen molar-refractivity contribution in [3.8, 4) is 16.8 Å². The van der Waals surface area contributed by atoms with Crippen LogP contribution in [0.1, 0.15) is 19.4 Å². The van der Waals surface area contributed by atoms with Crippen LogP contribution in [0.5, 0.6) is 0 Å². The van der Waals surface area contributed by atoms with Crippen LogP contribution in [0, 0.1) is 0 Å². The van der Waals surface area contributed by atoms with Gasteiger partial charge in [0.1, 0.15) is 0 Å². The summed E-state index contributed by atoms with van der Waals surface area (Å²) in [4.78, 5) is 22.6. The van der Waals surface area contributed by atoms with Crippen LogP contribution in [0.25, 0.3) is 49.7 Å². The largest absolute Gasteiger partial charge is 0.333 e. The average molecular weight is 460 g/mol. The van der Waals surface area contributed by atoms with Crippen LogP contribution < -0.4 is 11.4 Å². The van der Waals surface area contributed by atoms with Gasteiger partial charge in [0.2, 0.25) is 0 Å². The Morgan fingerprint density at radius 1 is 0.829 bits per heavy atom. The second-order valence-electron chi connectivity index (χ2n) is 9.59. The molecule has 3 aromatic carbocycles. The Kier molecular flexibility index (Phi) is 4.62. The van der Waals surface area contributed by atoms with Crippen LogP contribution in [0.2, 0.25) is 0 Å². The Morgan fingerprint density at radius 3 is 2.34 bits per heavy atom. The number of aromatic nitrogens is 4. The van der Waals surface area contributed by atoms with Crippen molar-refractivity contribution in [3.63, 3.8) is 0 Å². The molecule has 0 aliphatic carbocycles. The van der Waals surface area contributed by atoms with Crippen molar-refractivity contribution in [1.82, 2.24) is 19.1 Å². The van der Waals surface area contributed by atoms with E-state index in [2.05, 4.69) is 34.2 Å². The fourth-order valence-corrected chi connectivity index (χ4v) is 4.69. The van der Waals surface area contributed by atoms with Gasteiger partial charge in [-0.15, -0.1) is 0 Å². The summed E-state index contributed by atoms with van der Waals surface area (Å²) >= 11 is 0. The molecule has 6 heteroatoms. The van der Waals surface area contributed by atoms with E-state index in [0.29, 0.717) is 0 Å². The van der Waals surface area contributed by atoms with Crippen molar-refractivity contribution in [3.05, 3.63) is 101 Å². The summed E-state index contributed by atoms with van der Waals surface area (Å²) in [6, 6.07) is 24.2. The number of hydrogen-bond donors (Lipinski definition) is 1. The van der Waals surface area contributed by atoms with E-state index in [1.807, 2.05) is 68.6 Å². The van der Waals surface area contributed by atoms with Gasteiger partial charge in [-0.2, -0.15) is 0 Å². The van der Waals surface area contributed by atoms with Crippen LogP contribution in [0.4, 0.5) is 0 Å². The van der Waals surface area contributed by atoms with Gasteiger partial charge >= 0.3 is 5.69 Å². The van der Waals surface area contributed by atoms with Gasteiger partial charge in [-0.3, -0.25) is 19.1 Å². The standard InChI is InChI=1S/C29H25N5O/c1-29(2,30)21-9-11-22(12-10-21)34-27-23-15-18(20-14-19-6-4-5-7-24(19)31-16-20)8-13-25(23)32-17-26(27)33(3)28(34)35/h4-17H,30H2,1-3H3. The fourth-order valence-electron chi connectivity index (χ4n) is 4.69. The first-order valence-corrected chi connectivity index (χ1v) is 11.6. The Hall–Kier alpha value is -4.29. The number of imidazole rings is 1. The lowest BCUT2D eigenvalue weighted by molar-refractivity contribution is 0.554. The number of rotatable bonds is 3. The zero-order chi connectivity index (χ0) is 24.3. The number of para-hydroxylation sites is 1. The summed E-state index contributed by atoms with van der Waals surface area (Å²) in [5, 5.41) is 2.00. The Morgan fingerprint density at radius 2 is 1.57 bits per heavy atom. The molecule has 0 saturated carbocycles. The molecule has 0 amide bonds. The lowest BCUT2D eigenvalue weighted by atomic mass is 9.95. The van der Waals surface area contributed by atoms with E-state index < -0.39 is 5.54 Å². The zero-order valence-electron chi connectivity index (χ0n) is 19.9. The summed E-state index contributed by atoms with van der Waals surface area (Å²) in [6.45, 7) is 3.93. The monoisotopic (exact) mass is 459 g/mol. The molecule has 35 heavy (non-hydrogen) atoms. The van der Waals surface area contributed by atoms with Gasteiger partial charge in [0, 0.05) is 35.1 Å². The van der Waals surface area contributed by atoms with Gasteiger partial charge in [-0.25, -0.2) is 4.79 Å². The molecule has 0 aliphatic rings. The van der Waals surface area contributed by atoms with E-state index in [4.69, 9.17) is 5.73 Å². The number of benzene rings is 3. The van der Waals surface area contributed by atoms with Gasteiger partial charge in [0.05, 0.1) is 34.0 Å². The highest BCUT2D eigenvalue weighted by Gasteiger charge is 2.18. The first kappa shape index (κ1) is 21.3. The van der Waals surface area contributed by atoms with Crippen molar-refractivity contribution in [2.24, 2.45) is 12.8 Å². The van der Waals surface area contributed by atoms with Gasteiger partial charge in [0.15, 0.2) is 0 Å². The maximum Gasteiger partial charge on any atom is 0.333 e. The highest BCUT2D eigenvalue weighted by Crippen LogP contribution is 2.31. The van der Waals surface area contributed by atoms with Crippen molar-refractivity contribution >= 4 is 32.8 Å². The molecule has 6 rings (SSSR count). The molecule has 0 spiro atoms.